The second kappa shape index (κ2) is 8.20. The van der Waals surface area contributed by atoms with Gasteiger partial charge in [-0.2, -0.15) is 0 Å². The summed E-state index contributed by atoms with van der Waals surface area (Å²) in [4.78, 5) is 15.7. The summed E-state index contributed by atoms with van der Waals surface area (Å²) in [5, 5.41) is 3.22. The molecule has 1 saturated heterocycles. The van der Waals surface area contributed by atoms with Crippen molar-refractivity contribution < 1.29 is 4.79 Å². The number of rotatable bonds is 6. The van der Waals surface area contributed by atoms with Crippen LogP contribution in [0, 0.1) is 5.92 Å². The molecule has 1 aliphatic carbocycles. The second-order valence-electron chi connectivity index (χ2n) is 6.79. The van der Waals surface area contributed by atoms with Gasteiger partial charge in [-0.05, 0) is 81.3 Å². The molecule has 1 fully saturated rings. The molecule has 0 unspecified atom stereocenters. The average molecular weight is 333 g/mol. The molecule has 3 rings (SSSR count). The molecule has 3 nitrogen and oxygen atoms in total. The maximum atomic E-state index is 12.4. The number of nitrogens with one attached hydrogen (secondary N) is 1. The van der Waals surface area contributed by atoms with Crippen LogP contribution in [0.2, 0.25) is 0 Å². The number of benzene rings is 1. The number of carbonyl (C=O) groups is 1. The van der Waals surface area contributed by atoms with Crippen molar-refractivity contribution in [3.8, 4) is 0 Å². The highest BCUT2D eigenvalue weighted by Crippen LogP contribution is 2.28. The van der Waals surface area contributed by atoms with Gasteiger partial charge in [-0.15, -0.1) is 11.8 Å². The third-order valence-electron chi connectivity index (χ3n) is 5.20. The van der Waals surface area contributed by atoms with Crippen LogP contribution in [0.15, 0.2) is 23.1 Å². The zero-order valence-electron chi connectivity index (χ0n) is 14.1. The number of fused-ring (bicyclic) bond motifs is 1. The first-order valence-corrected chi connectivity index (χ1v) is 9.92. The Morgan fingerprint density at radius 2 is 2.04 bits per heavy atom. The van der Waals surface area contributed by atoms with Crippen molar-refractivity contribution in [2.45, 2.75) is 43.4 Å². The minimum Gasteiger partial charge on any atom is -0.342 e. The first kappa shape index (κ1) is 16.8. The van der Waals surface area contributed by atoms with E-state index < -0.39 is 0 Å². The van der Waals surface area contributed by atoms with E-state index in [4.69, 9.17) is 0 Å². The average Bonchev–Trinajstić information content (AvgIpc) is 3.06. The summed E-state index contributed by atoms with van der Waals surface area (Å²) >= 11 is 1.70. The fourth-order valence-electron chi connectivity index (χ4n) is 3.69. The molecule has 0 aromatic heterocycles. The number of carbonyl (C=O) groups excluding carboxylic acids is 1. The quantitative estimate of drug-likeness (QED) is 0.813. The molecule has 0 spiro atoms. The maximum absolute atomic E-state index is 12.4. The highest BCUT2D eigenvalue weighted by atomic mass is 32.2. The van der Waals surface area contributed by atoms with E-state index in [0.29, 0.717) is 11.7 Å². The Hall–Kier alpha value is -1.00. The van der Waals surface area contributed by atoms with E-state index in [-0.39, 0.29) is 0 Å². The van der Waals surface area contributed by atoms with E-state index in [0.717, 1.165) is 38.4 Å². The van der Waals surface area contributed by atoms with Crippen molar-refractivity contribution in [1.82, 2.24) is 10.2 Å². The number of aryl methyl sites for hydroxylation is 2. The van der Waals surface area contributed by atoms with Crippen molar-refractivity contribution >= 4 is 17.7 Å². The molecule has 0 bridgehead atoms. The van der Waals surface area contributed by atoms with Gasteiger partial charge in [0.25, 0.3) is 0 Å². The minimum atomic E-state index is 0.308. The standard InChI is InChI=1S/C19H28N2OS/c1-20-10-7-15-8-11-21(12-9-15)19(22)14-23-18-6-5-16-3-2-4-17(16)13-18/h5-6,13,15,20H,2-4,7-12,14H2,1H3. The van der Waals surface area contributed by atoms with Crippen LogP contribution in [0.4, 0.5) is 0 Å². The lowest BCUT2D eigenvalue weighted by Crippen LogP contribution is -2.39. The number of nitrogens with zero attached hydrogens (tertiary/aromatic N) is 1. The summed E-state index contributed by atoms with van der Waals surface area (Å²) in [7, 11) is 2.01. The third kappa shape index (κ3) is 4.51. The molecule has 1 N–H and O–H groups in total. The van der Waals surface area contributed by atoms with E-state index in [1.807, 2.05) is 7.05 Å². The van der Waals surface area contributed by atoms with Crippen molar-refractivity contribution in [2.75, 3.05) is 32.4 Å². The Morgan fingerprint density at radius 3 is 2.83 bits per heavy atom. The van der Waals surface area contributed by atoms with Gasteiger partial charge >= 0.3 is 0 Å². The van der Waals surface area contributed by atoms with Crippen LogP contribution in [0.25, 0.3) is 0 Å². The molecule has 126 valence electrons. The molecule has 1 aromatic carbocycles. The molecule has 1 amide bonds. The molecule has 0 saturated carbocycles. The van der Waals surface area contributed by atoms with Crippen LogP contribution in [0.3, 0.4) is 0 Å². The summed E-state index contributed by atoms with van der Waals surface area (Å²) in [5.74, 6) is 1.68. The molecule has 1 aromatic rings. The van der Waals surface area contributed by atoms with Gasteiger partial charge in [0.2, 0.25) is 5.91 Å². The predicted octanol–water partition coefficient (Wildman–Crippen LogP) is 3.12. The highest BCUT2D eigenvalue weighted by molar-refractivity contribution is 8.00. The Morgan fingerprint density at radius 1 is 1.26 bits per heavy atom. The van der Waals surface area contributed by atoms with Gasteiger partial charge in [0.15, 0.2) is 0 Å². The summed E-state index contributed by atoms with van der Waals surface area (Å²) < 4.78 is 0. The SMILES string of the molecule is CNCCC1CCN(C(=O)CSc2ccc3c(c2)CCC3)CC1. The molecule has 23 heavy (non-hydrogen) atoms. The first-order chi connectivity index (χ1) is 11.3. The number of piperidine rings is 1. The van der Waals surface area contributed by atoms with Gasteiger partial charge in [0.1, 0.15) is 0 Å². The van der Waals surface area contributed by atoms with Crippen LogP contribution in [-0.4, -0.2) is 43.2 Å². The van der Waals surface area contributed by atoms with Crippen molar-refractivity contribution in [2.24, 2.45) is 5.92 Å². The Kier molecular flexibility index (Phi) is 6.01. The smallest absolute Gasteiger partial charge is 0.232 e. The summed E-state index contributed by atoms with van der Waals surface area (Å²) in [5.41, 5.74) is 3.00. The molecule has 0 radical (unpaired) electrons. The number of hydrogen-bond acceptors (Lipinski definition) is 3. The van der Waals surface area contributed by atoms with Crippen molar-refractivity contribution in [3.05, 3.63) is 29.3 Å². The molecule has 0 atom stereocenters. The minimum absolute atomic E-state index is 0.308. The summed E-state index contributed by atoms with van der Waals surface area (Å²) in [6.07, 6.45) is 7.28. The topological polar surface area (TPSA) is 32.3 Å². The Balaban J connectivity index is 1.43. The van der Waals surface area contributed by atoms with E-state index in [2.05, 4.69) is 28.4 Å². The Labute approximate surface area is 144 Å². The maximum Gasteiger partial charge on any atom is 0.232 e. The first-order valence-electron chi connectivity index (χ1n) is 8.93. The molecule has 1 aliphatic heterocycles. The lowest BCUT2D eigenvalue weighted by atomic mass is 9.93. The van der Waals surface area contributed by atoms with Gasteiger partial charge in [-0.1, -0.05) is 6.07 Å². The van der Waals surface area contributed by atoms with E-state index in [9.17, 15) is 4.79 Å². The van der Waals surface area contributed by atoms with E-state index >= 15 is 0 Å². The fraction of sp³-hybridized carbons (Fsp3) is 0.632. The summed E-state index contributed by atoms with van der Waals surface area (Å²) in [6.45, 7) is 2.97. The monoisotopic (exact) mass is 332 g/mol. The lowest BCUT2D eigenvalue weighted by Gasteiger charge is -2.32. The zero-order chi connectivity index (χ0) is 16.1. The third-order valence-corrected chi connectivity index (χ3v) is 6.18. The molecular formula is C19H28N2OS. The van der Waals surface area contributed by atoms with Gasteiger partial charge < -0.3 is 10.2 Å². The van der Waals surface area contributed by atoms with Gasteiger partial charge in [-0.3, -0.25) is 4.79 Å². The van der Waals surface area contributed by atoms with Crippen LogP contribution in [-0.2, 0) is 17.6 Å². The van der Waals surface area contributed by atoms with Crippen LogP contribution in [0.5, 0.6) is 0 Å². The zero-order valence-corrected chi connectivity index (χ0v) is 15.0. The number of likely N-dealkylation sites (tertiary alicyclic amines) is 1. The van der Waals surface area contributed by atoms with Gasteiger partial charge in [0.05, 0.1) is 5.75 Å². The number of amides is 1. The highest BCUT2D eigenvalue weighted by Gasteiger charge is 2.22. The van der Waals surface area contributed by atoms with Crippen LogP contribution < -0.4 is 5.32 Å². The molecule has 1 heterocycles. The number of hydrogen-bond donors (Lipinski definition) is 1. The van der Waals surface area contributed by atoms with Crippen LogP contribution >= 0.6 is 11.8 Å². The molecular weight excluding hydrogens is 304 g/mol. The largest absolute Gasteiger partial charge is 0.342 e. The molecule has 4 heteroatoms. The predicted molar refractivity (Wildman–Crippen MR) is 97.0 cm³/mol. The Bertz CT molecular complexity index is 538. The second-order valence-corrected chi connectivity index (χ2v) is 7.84. The normalized spacial score (nSPS) is 18.2. The van der Waals surface area contributed by atoms with Crippen LogP contribution in [0.1, 0.15) is 36.8 Å². The van der Waals surface area contributed by atoms with E-state index in [1.54, 1.807) is 11.8 Å². The lowest BCUT2D eigenvalue weighted by molar-refractivity contribution is -0.129. The van der Waals surface area contributed by atoms with Gasteiger partial charge in [-0.25, -0.2) is 0 Å². The van der Waals surface area contributed by atoms with Crippen molar-refractivity contribution in [1.29, 1.82) is 0 Å². The summed E-state index contributed by atoms with van der Waals surface area (Å²) in [6, 6.07) is 6.73. The number of thioether (sulfide) groups is 1. The van der Waals surface area contributed by atoms with E-state index in [1.165, 1.54) is 41.7 Å². The van der Waals surface area contributed by atoms with Crippen molar-refractivity contribution in [3.63, 3.8) is 0 Å². The molecule has 2 aliphatic rings. The van der Waals surface area contributed by atoms with Gasteiger partial charge in [0, 0.05) is 18.0 Å². The fourth-order valence-corrected chi connectivity index (χ4v) is 4.56.